The van der Waals surface area contributed by atoms with Gasteiger partial charge in [-0.1, -0.05) is 72.1 Å². The van der Waals surface area contributed by atoms with Gasteiger partial charge in [0.15, 0.2) is 0 Å². The minimum absolute atomic E-state index is 0.163. The standard InChI is InChI=1S/C13H17Cl3N2O/c1-2-11(19)18-12(13(14,15)16)17-9-8-10-6-4-3-5-7-10/h3-7,12,17H,2,8-9H2,1H3,(H,18,19)/t12-/m1/s1. The molecule has 6 heteroatoms. The Balaban J connectivity index is 2.47. The van der Waals surface area contributed by atoms with Crippen LogP contribution in [0.25, 0.3) is 0 Å². The molecule has 0 spiro atoms. The van der Waals surface area contributed by atoms with Gasteiger partial charge >= 0.3 is 0 Å². The molecule has 0 heterocycles. The molecular formula is C13H17Cl3N2O. The second-order valence-electron chi connectivity index (χ2n) is 4.09. The highest BCUT2D eigenvalue weighted by molar-refractivity contribution is 6.68. The van der Waals surface area contributed by atoms with E-state index in [1.165, 1.54) is 5.56 Å². The molecule has 1 aromatic carbocycles. The van der Waals surface area contributed by atoms with Crippen molar-refractivity contribution in [2.45, 2.75) is 29.7 Å². The Morgan fingerprint density at radius 2 is 1.89 bits per heavy atom. The van der Waals surface area contributed by atoms with E-state index in [0.29, 0.717) is 13.0 Å². The zero-order valence-corrected chi connectivity index (χ0v) is 12.9. The number of rotatable bonds is 6. The molecule has 19 heavy (non-hydrogen) atoms. The number of carbonyl (C=O) groups is 1. The van der Waals surface area contributed by atoms with Crippen molar-refractivity contribution in [1.82, 2.24) is 10.6 Å². The van der Waals surface area contributed by atoms with Gasteiger partial charge in [-0.25, -0.2) is 0 Å². The molecule has 1 amide bonds. The molecule has 0 saturated carbocycles. The summed E-state index contributed by atoms with van der Waals surface area (Å²) in [5.74, 6) is -0.163. The lowest BCUT2D eigenvalue weighted by Gasteiger charge is -2.26. The average Bonchev–Trinajstić information content (AvgIpc) is 2.37. The minimum Gasteiger partial charge on any atom is -0.337 e. The van der Waals surface area contributed by atoms with E-state index in [4.69, 9.17) is 34.8 Å². The summed E-state index contributed by atoms with van der Waals surface area (Å²) >= 11 is 17.5. The fraction of sp³-hybridized carbons (Fsp3) is 0.462. The van der Waals surface area contributed by atoms with Crippen LogP contribution in [0.15, 0.2) is 30.3 Å². The molecule has 1 aromatic rings. The molecule has 0 bridgehead atoms. The molecule has 106 valence electrons. The second kappa shape index (κ2) is 7.95. The summed E-state index contributed by atoms with van der Waals surface area (Å²) in [5.41, 5.74) is 1.18. The highest BCUT2D eigenvalue weighted by Crippen LogP contribution is 2.29. The van der Waals surface area contributed by atoms with Gasteiger partial charge in [0.25, 0.3) is 0 Å². The van der Waals surface area contributed by atoms with E-state index in [1.54, 1.807) is 6.92 Å². The van der Waals surface area contributed by atoms with Crippen LogP contribution in [0.3, 0.4) is 0 Å². The first-order chi connectivity index (χ1) is 8.93. The number of hydrogen-bond acceptors (Lipinski definition) is 2. The van der Waals surface area contributed by atoms with Crippen LogP contribution in [-0.4, -0.2) is 22.4 Å². The minimum atomic E-state index is -1.58. The van der Waals surface area contributed by atoms with Crippen molar-refractivity contribution in [2.75, 3.05) is 6.54 Å². The number of alkyl halides is 3. The number of benzene rings is 1. The zero-order valence-electron chi connectivity index (χ0n) is 10.6. The molecule has 0 saturated heterocycles. The zero-order chi connectivity index (χ0) is 14.3. The molecule has 0 aromatic heterocycles. The van der Waals surface area contributed by atoms with E-state index in [-0.39, 0.29) is 5.91 Å². The Labute approximate surface area is 128 Å². The Kier molecular flexibility index (Phi) is 6.94. The van der Waals surface area contributed by atoms with E-state index < -0.39 is 9.96 Å². The summed E-state index contributed by atoms with van der Waals surface area (Å²) in [6.07, 6.45) is 0.436. The first-order valence-corrected chi connectivity index (χ1v) is 7.20. The summed E-state index contributed by atoms with van der Waals surface area (Å²) in [6.45, 7) is 2.35. The fourth-order valence-electron chi connectivity index (χ4n) is 1.52. The van der Waals surface area contributed by atoms with Crippen LogP contribution >= 0.6 is 34.8 Å². The molecule has 0 unspecified atom stereocenters. The van der Waals surface area contributed by atoms with Crippen LogP contribution < -0.4 is 10.6 Å². The maximum absolute atomic E-state index is 11.4. The topological polar surface area (TPSA) is 41.1 Å². The normalized spacial score (nSPS) is 13.1. The lowest BCUT2D eigenvalue weighted by molar-refractivity contribution is -0.121. The van der Waals surface area contributed by atoms with E-state index in [9.17, 15) is 4.79 Å². The van der Waals surface area contributed by atoms with Crippen LogP contribution in [-0.2, 0) is 11.2 Å². The van der Waals surface area contributed by atoms with Gasteiger partial charge in [-0.15, -0.1) is 0 Å². The smallest absolute Gasteiger partial charge is 0.223 e. The summed E-state index contributed by atoms with van der Waals surface area (Å²) in [4.78, 5) is 11.4. The highest BCUT2D eigenvalue weighted by Gasteiger charge is 2.33. The van der Waals surface area contributed by atoms with Crippen molar-refractivity contribution >= 4 is 40.7 Å². The molecule has 3 nitrogen and oxygen atoms in total. The van der Waals surface area contributed by atoms with Gasteiger partial charge in [0.1, 0.15) is 6.17 Å². The van der Waals surface area contributed by atoms with Gasteiger partial charge in [-0.2, -0.15) is 0 Å². The fourth-order valence-corrected chi connectivity index (χ4v) is 1.91. The molecular weight excluding hydrogens is 307 g/mol. The Morgan fingerprint density at radius 3 is 2.42 bits per heavy atom. The van der Waals surface area contributed by atoms with E-state index >= 15 is 0 Å². The Hall–Kier alpha value is -0.480. The van der Waals surface area contributed by atoms with Gasteiger partial charge < -0.3 is 5.32 Å². The van der Waals surface area contributed by atoms with Crippen molar-refractivity contribution in [1.29, 1.82) is 0 Å². The van der Waals surface area contributed by atoms with Crippen molar-refractivity contribution in [3.05, 3.63) is 35.9 Å². The molecule has 0 aliphatic rings. The van der Waals surface area contributed by atoms with E-state index in [0.717, 1.165) is 6.42 Å². The first kappa shape index (κ1) is 16.6. The molecule has 2 N–H and O–H groups in total. The third-order valence-electron chi connectivity index (χ3n) is 2.56. The molecule has 1 atom stereocenters. The molecule has 1 rings (SSSR count). The lowest BCUT2D eigenvalue weighted by atomic mass is 10.1. The summed E-state index contributed by atoms with van der Waals surface area (Å²) in [6, 6.07) is 9.96. The van der Waals surface area contributed by atoms with Gasteiger partial charge in [0.2, 0.25) is 9.70 Å². The second-order valence-corrected chi connectivity index (χ2v) is 6.45. The number of amides is 1. The van der Waals surface area contributed by atoms with Crippen LogP contribution in [0, 0.1) is 0 Å². The van der Waals surface area contributed by atoms with Crippen molar-refractivity contribution < 1.29 is 4.79 Å². The summed E-state index contributed by atoms with van der Waals surface area (Å²) in [7, 11) is 0. The van der Waals surface area contributed by atoms with Crippen LogP contribution in [0.1, 0.15) is 18.9 Å². The van der Waals surface area contributed by atoms with Gasteiger partial charge in [-0.3, -0.25) is 10.1 Å². The molecule has 0 radical (unpaired) electrons. The van der Waals surface area contributed by atoms with Crippen LogP contribution in [0.2, 0.25) is 0 Å². The molecule has 0 aliphatic heterocycles. The van der Waals surface area contributed by atoms with Crippen molar-refractivity contribution in [3.63, 3.8) is 0 Å². The Bertz CT molecular complexity index is 393. The number of hydrogen-bond donors (Lipinski definition) is 2. The number of halogens is 3. The first-order valence-electron chi connectivity index (χ1n) is 6.07. The number of nitrogens with one attached hydrogen (secondary N) is 2. The highest BCUT2D eigenvalue weighted by atomic mass is 35.6. The van der Waals surface area contributed by atoms with Crippen LogP contribution in [0.5, 0.6) is 0 Å². The van der Waals surface area contributed by atoms with Gasteiger partial charge in [0, 0.05) is 13.0 Å². The molecule has 0 fully saturated rings. The molecule has 0 aliphatic carbocycles. The third kappa shape index (κ3) is 6.48. The summed E-state index contributed by atoms with van der Waals surface area (Å²) < 4.78 is -1.58. The maximum Gasteiger partial charge on any atom is 0.223 e. The van der Waals surface area contributed by atoms with E-state index in [1.807, 2.05) is 30.3 Å². The SMILES string of the molecule is CCC(=O)N[C@@H](NCCc1ccccc1)C(Cl)(Cl)Cl. The lowest BCUT2D eigenvalue weighted by Crippen LogP contribution is -2.53. The predicted molar refractivity (Wildman–Crippen MR) is 80.7 cm³/mol. The largest absolute Gasteiger partial charge is 0.337 e. The maximum atomic E-state index is 11.4. The summed E-state index contributed by atoms with van der Waals surface area (Å²) in [5, 5.41) is 5.69. The van der Waals surface area contributed by atoms with Crippen molar-refractivity contribution in [3.8, 4) is 0 Å². The van der Waals surface area contributed by atoms with Gasteiger partial charge in [-0.05, 0) is 12.0 Å². The van der Waals surface area contributed by atoms with Crippen LogP contribution in [0.4, 0.5) is 0 Å². The quantitative estimate of drug-likeness (QED) is 0.624. The average molecular weight is 324 g/mol. The Morgan fingerprint density at radius 1 is 1.26 bits per heavy atom. The predicted octanol–water partition coefficient (Wildman–Crippen LogP) is 3.04. The third-order valence-corrected chi connectivity index (χ3v) is 3.21. The monoisotopic (exact) mass is 322 g/mol. The van der Waals surface area contributed by atoms with Crippen molar-refractivity contribution in [2.24, 2.45) is 0 Å². The number of carbonyl (C=O) groups excluding carboxylic acids is 1. The van der Waals surface area contributed by atoms with Gasteiger partial charge in [0.05, 0.1) is 0 Å². The van der Waals surface area contributed by atoms with E-state index in [2.05, 4.69) is 10.6 Å².